The molecule has 2 rings (SSSR count). The van der Waals surface area contributed by atoms with Gasteiger partial charge in [0.15, 0.2) is 0 Å². The van der Waals surface area contributed by atoms with E-state index in [1.54, 1.807) is 18.9 Å². The molecule has 6 heteroatoms. The van der Waals surface area contributed by atoms with Crippen molar-refractivity contribution >= 4 is 33.9 Å². The molecule has 4 nitrogen and oxygen atoms in total. The molecule has 0 saturated carbocycles. The minimum atomic E-state index is -0.168. The number of thioether (sulfide) groups is 1. The van der Waals surface area contributed by atoms with Crippen LogP contribution >= 0.6 is 23.1 Å². The molecule has 0 spiro atoms. The van der Waals surface area contributed by atoms with Crippen molar-refractivity contribution in [3.05, 3.63) is 20.9 Å². The number of oxime groups is 2. The molecule has 1 aromatic rings. The molecule has 0 saturated heterocycles. The molecule has 0 atom stereocenters. The zero-order chi connectivity index (χ0) is 15.6. The van der Waals surface area contributed by atoms with Crippen LogP contribution in [-0.4, -0.2) is 23.5 Å². The van der Waals surface area contributed by atoms with Crippen LogP contribution in [0.5, 0.6) is 0 Å². The summed E-state index contributed by atoms with van der Waals surface area (Å²) in [6.07, 6.45) is 0.875. The van der Waals surface area contributed by atoms with Crippen LogP contribution in [0.3, 0.4) is 0 Å². The van der Waals surface area contributed by atoms with Gasteiger partial charge in [-0.1, -0.05) is 10.3 Å². The van der Waals surface area contributed by atoms with Crippen LogP contribution in [0.15, 0.2) is 10.3 Å². The molecule has 1 aromatic heterocycles. The number of rotatable bonds is 4. The van der Waals surface area contributed by atoms with Gasteiger partial charge >= 0.3 is 0 Å². The van der Waals surface area contributed by atoms with E-state index in [-0.39, 0.29) is 5.60 Å². The Hall–Kier alpha value is -1.01. The molecule has 0 radical (unpaired) electrons. The fraction of sp³-hybridized carbons (Fsp3) is 0.600. The van der Waals surface area contributed by atoms with Gasteiger partial charge in [0.1, 0.15) is 17.8 Å². The van der Waals surface area contributed by atoms with Crippen molar-refractivity contribution in [2.75, 3.05) is 7.11 Å². The summed E-state index contributed by atoms with van der Waals surface area (Å²) < 4.78 is 0. The summed E-state index contributed by atoms with van der Waals surface area (Å²) in [6.45, 7) is 10.4. The van der Waals surface area contributed by atoms with Gasteiger partial charge in [-0.3, -0.25) is 0 Å². The third-order valence-electron chi connectivity index (χ3n) is 3.33. The maximum Gasteiger partial charge on any atom is 0.138 e. The van der Waals surface area contributed by atoms with Crippen molar-refractivity contribution in [3.63, 3.8) is 0 Å². The standard InChI is InChI=1S/C15H22N2O2S2/c1-9(16-18-6)14-11(3)21-10(2)12(14)8-20-13-7-15(4,5)19-17-13/h7-8H2,1-6H3/b16-9+. The van der Waals surface area contributed by atoms with E-state index in [1.165, 1.54) is 20.9 Å². The lowest BCUT2D eigenvalue weighted by Crippen LogP contribution is -2.18. The Labute approximate surface area is 134 Å². The van der Waals surface area contributed by atoms with Gasteiger partial charge in [0.2, 0.25) is 0 Å². The van der Waals surface area contributed by atoms with E-state index in [1.807, 2.05) is 18.3 Å². The van der Waals surface area contributed by atoms with Crippen molar-refractivity contribution in [2.24, 2.45) is 10.3 Å². The summed E-state index contributed by atoms with van der Waals surface area (Å²) in [7, 11) is 1.58. The number of nitrogens with zero attached hydrogens (tertiary/aromatic N) is 2. The Morgan fingerprint density at radius 2 is 2.14 bits per heavy atom. The molecule has 0 bridgehead atoms. The van der Waals surface area contributed by atoms with Crippen molar-refractivity contribution in [1.82, 2.24) is 0 Å². The fourth-order valence-corrected chi connectivity index (χ4v) is 4.83. The first-order valence-corrected chi connectivity index (χ1v) is 8.69. The molecule has 0 aromatic carbocycles. The summed E-state index contributed by atoms with van der Waals surface area (Å²) >= 11 is 3.56. The molecule has 0 amide bonds. The predicted octanol–water partition coefficient (Wildman–Crippen LogP) is 4.48. The molecule has 2 heterocycles. The third-order valence-corrected chi connectivity index (χ3v) is 5.38. The first kappa shape index (κ1) is 16.4. The van der Waals surface area contributed by atoms with E-state index >= 15 is 0 Å². The second kappa shape index (κ2) is 6.40. The highest BCUT2D eigenvalue weighted by Crippen LogP contribution is 2.34. The van der Waals surface area contributed by atoms with Crippen LogP contribution in [0.4, 0.5) is 0 Å². The summed E-state index contributed by atoms with van der Waals surface area (Å²) in [5, 5.41) is 9.34. The second-order valence-electron chi connectivity index (χ2n) is 5.73. The van der Waals surface area contributed by atoms with Crippen LogP contribution < -0.4 is 0 Å². The molecule has 0 fully saturated rings. The Bertz CT molecular complexity index is 589. The Kier molecular flexibility index (Phi) is 4.99. The summed E-state index contributed by atoms with van der Waals surface area (Å²) in [4.78, 5) is 13.0. The number of hydrogen-bond acceptors (Lipinski definition) is 6. The highest BCUT2D eigenvalue weighted by Gasteiger charge is 2.29. The minimum Gasteiger partial charge on any atom is -0.399 e. The van der Waals surface area contributed by atoms with Crippen LogP contribution in [0.2, 0.25) is 0 Å². The van der Waals surface area contributed by atoms with Crippen molar-refractivity contribution in [2.45, 2.75) is 52.4 Å². The average Bonchev–Trinajstić information content (AvgIpc) is 2.86. The third kappa shape index (κ3) is 3.80. The lowest BCUT2D eigenvalue weighted by Gasteiger charge is -2.13. The topological polar surface area (TPSA) is 43.2 Å². The molecule has 1 aliphatic heterocycles. The molecular formula is C15H22N2O2S2. The SMILES string of the molecule is CO/N=C(\C)c1c(C)sc(C)c1CSC1=NOC(C)(C)C1. The highest BCUT2D eigenvalue weighted by molar-refractivity contribution is 8.13. The molecule has 0 N–H and O–H groups in total. The summed E-state index contributed by atoms with van der Waals surface area (Å²) in [5.74, 6) is 0.889. The van der Waals surface area contributed by atoms with E-state index in [0.717, 1.165) is 22.9 Å². The average molecular weight is 326 g/mol. The lowest BCUT2D eigenvalue weighted by atomic mass is 10.1. The van der Waals surface area contributed by atoms with E-state index in [4.69, 9.17) is 9.68 Å². The van der Waals surface area contributed by atoms with Gasteiger partial charge in [0, 0.05) is 27.5 Å². The summed E-state index contributed by atoms with van der Waals surface area (Å²) in [5.41, 5.74) is 3.30. The minimum absolute atomic E-state index is 0.168. The van der Waals surface area contributed by atoms with Gasteiger partial charge in [-0.2, -0.15) is 0 Å². The summed E-state index contributed by atoms with van der Waals surface area (Å²) in [6, 6.07) is 0. The Morgan fingerprint density at radius 3 is 2.71 bits per heavy atom. The highest BCUT2D eigenvalue weighted by atomic mass is 32.2. The molecule has 21 heavy (non-hydrogen) atoms. The van der Waals surface area contributed by atoms with Gasteiger partial charge in [0.05, 0.1) is 5.71 Å². The maximum absolute atomic E-state index is 5.42. The number of thiophene rings is 1. The molecule has 0 unspecified atom stereocenters. The van der Waals surface area contributed by atoms with E-state index in [2.05, 4.69) is 38.0 Å². The first-order valence-electron chi connectivity index (χ1n) is 6.89. The quantitative estimate of drug-likeness (QED) is 0.605. The molecule has 116 valence electrons. The molecule has 0 aliphatic carbocycles. The largest absolute Gasteiger partial charge is 0.399 e. The van der Waals surface area contributed by atoms with Gasteiger partial charge in [0.25, 0.3) is 0 Å². The predicted molar refractivity (Wildman–Crippen MR) is 91.5 cm³/mol. The monoisotopic (exact) mass is 326 g/mol. The smallest absolute Gasteiger partial charge is 0.138 e. The van der Waals surface area contributed by atoms with E-state index in [9.17, 15) is 0 Å². The van der Waals surface area contributed by atoms with E-state index in [0.29, 0.717) is 0 Å². The zero-order valence-electron chi connectivity index (χ0n) is 13.4. The Balaban J connectivity index is 2.15. The van der Waals surface area contributed by atoms with Crippen molar-refractivity contribution in [3.8, 4) is 0 Å². The Morgan fingerprint density at radius 1 is 1.43 bits per heavy atom. The van der Waals surface area contributed by atoms with Crippen LogP contribution in [0, 0.1) is 13.8 Å². The van der Waals surface area contributed by atoms with Crippen LogP contribution in [-0.2, 0) is 15.4 Å². The normalized spacial score (nSPS) is 17.6. The molecule has 1 aliphatic rings. The number of hydrogen-bond donors (Lipinski definition) is 0. The van der Waals surface area contributed by atoms with Gasteiger partial charge in [-0.05, 0) is 40.2 Å². The lowest BCUT2D eigenvalue weighted by molar-refractivity contribution is 0.0123. The van der Waals surface area contributed by atoms with Gasteiger partial charge in [-0.25, -0.2) is 0 Å². The molecular weight excluding hydrogens is 304 g/mol. The maximum atomic E-state index is 5.42. The van der Waals surface area contributed by atoms with Crippen molar-refractivity contribution in [1.29, 1.82) is 0 Å². The number of aryl methyl sites for hydroxylation is 2. The van der Waals surface area contributed by atoms with E-state index < -0.39 is 0 Å². The van der Waals surface area contributed by atoms with Crippen molar-refractivity contribution < 1.29 is 9.68 Å². The van der Waals surface area contributed by atoms with Crippen LogP contribution in [0.25, 0.3) is 0 Å². The zero-order valence-corrected chi connectivity index (χ0v) is 15.1. The first-order chi connectivity index (χ1) is 9.84. The van der Waals surface area contributed by atoms with Crippen LogP contribution in [0.1, 0.15) is 48.1 Å². The van der Waals surface area contributed by atoms with Gasteiger partial charge in [-0.15, -0.1) is 23.1 Å². The van der Waals surface area contributed by atoms with Gasteiger partial charge < -0.3 is 9.68 Å². The second-order valence-corrected chi connectivity index (χ2v) is 8.21. The fourth-order valence-electron chi connectivity index (χ4n) is 2.40.